The normalized spacial score (nSPS) is 14.6. The predicted molar refractivity (Wildman–Crippen MR) is 140 cm³/mol. The Morgan fingerprint density at radius 2 is 2.05 bits per heavy atom. The SMILES string of the molecule is COC(=O)NC1(CNc2nccc(-c3cn(C(C)C)nc3-c3cc(Cl)cc(NS(C)(=O)=O)c3F)n2)COC1. The number of amides is 1. The van der Waals surface area contributed by atoms with Crippen LogP contribution in [-0.4, -0.2) is 72.9 Å². The average molecular weight is 568 g/mol. The van der Waals surface area contributed by atoms with Gasteiger partial charge in [0.05, 0.1) is 38.0 Å². The third-order valence-electron chi connectivity index (χ3n) is 5.67. The van der Waals surface area contributed by atoms with E-state index in [1.165, 1.54) is 25.4 Å². The van der Waals surface area contributed by atoms with E-state index < -0.39 is 27.5 Å². The molecule has 1 aliphatic rings. The van der Waals surface area contributed by atoms with E-state index in [9.17, 15) is 13.2 Å². The zero-order valence-corrected chi connectivity index (χ0v) is 22.7. The minimum absolute atomic E-state index is 0.000908. The van der Waals surface area contributed by atoms with Crippen LogP contribution in [-0.2, 0) is 19.5 Å². The monoisotopic (exact) mass is 567 g/mol. The van der Waals surface area contributed by atoms with Gasteiger partial charge < -0.3 is 20.1 Å². The van der Waals surface area contributed by atoms with E-state index in [2.05, 4.69) is 35.2 Å². The third kappa shape index (κ3) is 6.14. The Morgan fingerprint density at radius 1 is 1.32 bits per heavy atom. The molecule has 3 N–H and O–H groups in total. The number of sulfonamides is 1. The summed E-state index contributed by atoms with van der Waals surface area (Å²) in [5.74, 6) is -0.571. The molecule has 3 aromatic rings. The van der Waals surface area contributed by atoms with Gasteiger partial charge in [0.25, 0.3) is 0 Å². The maximum absolute atomic E-state index is 15.5. The number of halogens is 2. The lowest BCUT2D eigenvalue weighted by molar-refractivity contribution is -0.0639. The number of anilines is 2. The van der Waals surface area contributed by atoms with Gasteiger partial charge in [-0.05, 0) is 32.0 Å². The molecule has 38 heavy (non-hydrogen) atoms. The van der Waals surface area contributed by atoms with Crippen LogP contribution in [0.25, 0.3) is 22.5 Å². The summed E-state index contributed by atoms with van der Waals surface area (Å²) in [5.41, 5.74) is 0.158. The van der Waals surface area contributed by atoms with Gasteiger partial charge in [0.1, 0.15) is 11.2 Å². The van der Waals surface area contributed by atoms with Gasteiger partial charge in [0.15, 0.2) is 5.82 Å². The summed E-state index contributed by atoms with van der Waals surface area (Å²) in [7, 11) is -2.48. The van der Waals surface area contributed by atoms with Crippen LogP contribution in [0.5, 0.6) is 0 Å². The number of benzene rings is 1. The third-order valence-corrected chi connectivity index (χ3v) is 6.48. The van der Waals surface area contributed by atoms with E-state index in [1.807, 2.05) is 13.8 Å². The highest BCUT2D eigenvalue weighted by molar-refractivity contribution is 7.92. The summed E-state index contributed by atoms with van der Waals surface area (Å²) >= 11 is 6.22. The summed E-state index contributed by atoms with van der Waals surface area (Å²) in [6.07, 6.45) is 3.59. The predicted octanol–water partition coefficient (Wildman–Crippen LogP) is 3.29. The molecule has 0 atom stereocenters. The van der Waals surface area contributed by atoms with Gasteiger partial charge in [-0.1, -0.05) is 11.6 Å². The molecule has 1 aliphatic heterocycles. The number of hydrogen-bond acceptors (Lipinski definition) is 9. The number of rotatable bonds is 9. The number of nitrogens with zero attached hydrogens (tertiary/aromatic N) is 4. The quantitative estimate of drug-likeness (QED) is 0.354. The first-order valence-corrected chi connectivity index (χ1v) is 13.7. The van der Waals surface area contributed by atoms with Crippen molar-refractivity contribution in [1.29, 1.82) is 0 Å². The summed E-state index contributed by atoms with van der Waals surface area (Å²) in [6, 6.07) is 4.14. The fourth-order valence-electron chi connectivity index (χ4n) is 3.75. The van der Waals surface area contributed by atoms with Gasteiger partial charge in [0, 0.05) is 41.1 Å². The van der Waals surface area contributed by atoms with Crippen molar-refractivity contribution in [2.45, 2.75) is 25.4 Å². The highest BCUT2D eigenvalue weighted by Crippen LogP contribution is 2.37. The van der Waals surface area contributed by atoms with Crippen molar-refractivity contribution in [3.8, 4) is 22.5 Å². The molecule has 0 radical (unpaired) electrons. The van der Waals surface area contributed by atoms with Gasteiger partial charge in [-0.2, -0.15) is 5.10 Å². The second kappa shape index (κ2) is 10.7. The molecular weight excluding hydrogens is 541 g/mol. The molecule has 2 aromatic heterocycles. The van der Waals surface area contributed by atoms with Gasteiger partial charge in [-0.3, -0.25) is 9.40 Å². The summed E-state index contributed by atoms with van der Waals surface area (Å²) < 4.78 is 52.8. The molecule has 0 spiro atoms. The molecule has 0 saturated carbocycles. The second-order valence-electron chi connectivity index (χ2n) is 9.16. The Balaban J connectivity index is 1.71. The topological polar surface area (TPSA) is 149 Å². The van der Waals surface area contributed by atoms with Crippen molar-refractivity contribution in [2.24, 2.45) is 0 Å². The fourth-order valence-corrected chi connectivity index (χ4v) is 4.52. The fraction of sp³-hybridized carbons (Fsp3) is 0.391. The molecule has 0 aliphatic carbocycles. The Hall–Kier alpha value is -3.49. The number of hydrogen-bond donors (Lipinski definition) is 3. The zero-order valence-electron chi connectivity index (χ0n) is 21.1. The van der Waals surface area contributed by atoms with Crippen LogP contribution in [0, 0.1) is 5.82 Å². The van der Waals surface area contributed by atoms with E-state index in [0.717, 1.165) is 6.26 Å². The van der Waals surface area contributed by atoms with E-state index in [-0.39, 0.29) is 53.7 Å². The van der Waals surface area contributed by atoms with Crippen LogP contribution in [0.3, 0.4) is 0 Å². The van der Waals surface area contributed by atoms with E-state index in [1.54, 1.807) is 16.9 Å². The minimum atomic E-state index is -3.76. The molecule has 0 unspecified atom stereocenters. The van der Waals surface area contributed by atoms with Crippen LogP contribution < -0.4 is 15.4 Å². The molecule has 3 heterocycles. The lowest BCUT2D eigenvalue weighted by atomic mass is 9.98. The number of alkyl carbamates (subject to hydrolysis) is 1. The van der Waals surface area contributed by atoms with Crippen LogP contribution >= 0.6 is 11.6 Å². The van der Waals surface area contributed by atoms with Gasteiger partial charge in [-0.25, -0.2) is 27.6 Å². The minimum Gasteiger partial charge on any atom is -0.453 e. The first kappa shape index (κ1) is 27.5. The van der Waals surface area contributed by atoms with E-state index >= 15 is 4.39 Å². The Labute approximate surface area is 224 Å². The highest BCUT2D eigenvalue weighted by Gasteiger charge is 2.40. The number of nitrogens with one attached hydrogen (secondary N) is 3. The van der Waals surface area contributed by atoms with E-state index in [0.29, 0.717) is 11.3 Å². The van der Waals surface area contributed by atoms with E-state index in [4.69, 9.17) is 16.3 Å². The Bertz CT molecular complexity index is 1460. The Morgan fingerprint density at radius 3 is 2.66 bits per heavy atom. The van der Waals surface area contributed by atoms with Gasteiger partial charge in [-0.15, -0.1) is 0 Å². The molecule has 4 rings (SSSR count). The molecule has 1 aromatic carbocycles. The van der Waals surface area contributed by atoms with Crippen molar-refractivity contribution >= 4 is 39.4 Å². The molecule has 15 heteroatoms. The highest BCUT2D eigenvalue weighted by atomic mass is 35.5. The summed E-state index contributed by atoms with van der Waals surface area (Å²) in [6.45, 7) is 4.67. The van der Waals surface area contributed by atoms with Gasteiger partial charge in [0.2, 0.25) is 16.0 Å². The molecule has 1 amide bonds. The zero-order chi connectivity index (χ0) is 27.7. The van der Waals surface area contributed by atoms with Crippen LogP contribution in [0.1, 0.15) is 19.9 Å². The second-order valence-corrected chi connectivity index (χ2v) is 11.3. The van der Waals surface area contributed by atoms with Crippen LogP contribution in [0.4, 0.5) is 20.8 Å². The summed E-state index contributed by atoms with van der Waals surface area (Å²) in [5, 5.41) is 10.5. The van der Waals surface area contributed by atoms with Crippen LogP contribution in [0.2, 0.25) is 5.02 Å². The maximum Gasteiger partial charge on any atom is 0.407 e. The van der Waals surface area contributed by atoms with Crippen molar-refractivity contribution in [3.05, 3.63) is 41.4 Å². The Kier molecular flexibility index (Phi) is 7.76. The lowest BCUT2D eigenvalue weighted by Gasteiger charge is -2.41. The maximum atomic E-state index is 15.5. The number of aromatic nitrogens is 4. The van der Waals surface area contributed by atoms with Crippen molar-refractivity contribution in [1.82, 2.24) is 25.1 Å². The molecular formula is C23H27ClFN7O5S. The first-order valence-electron chi connectivity index (χ1n) is 11.5. The van der Waals surface area contributed by atoms with Gasteiger partial charge >= 0.3 is 6.09 Å². The standard InChI is InChI=1S/C23H27ClFN7O5S/c1-13(2)32-9-16(20(30-32)15-7-14(24)8-18(19(15)25)31-38(4,34)35)17-5-6-26-21(28-17)27-10-23(11-37-12-23)29-22(33)36-3/h5-9,13,31H,10-12H2,1-4H3,(H,29,33)(H,26,27,28). The average Bonchev–Trinajstić information content (AvgIpc) is 3.27. The van der Waals surface area contributed by atoms with Crippen molar-refractivity contribution in [3.63, 3.8) is 0 Å². The summed E-state index contributed by atoms with van der Waals surface area (Å²) in [4.78, 5) is 20.5. The molecule has 1 saturated heterocycles. The smallest absolute Gasteiger partial charge is 0.407 e. The van der Waals surface area contributed by atoms with Crippen molar-refractivity contribution < 1.29 is 27.1 Å². The largest absolute Gasteiger partial charge is 0.453 e. The molecule has 1 fully saturated rings. The lowest BCUT2D eigenvalue weighted by Crippen LogP contribution is -2.65. The number of ether oxygens (including phenoxy) is 2. The molecule has 12 nitrogen and oxygen atoms in total. The molecule has 204 valence electrons. The first-order chi connectivity index (χ1) is 17.9. The van der Waals surface area contributed by atoms with Crippen molar-refractivity contribution in [2.75, 3.05) is 43.2 Å². The molecule has 0 bridgehead atoms. The van der Waals surface area contributed by atoms with Crippen LogP contribution in [0.15, 0.2) is 30.6 Å². The number of carbonyl (C=O) groups is 1. The number of carbonyl (C=O) groups excluding carboxylic acids is 1. The number of methoxy groups -OCH3 is 1.